The highest BCUT2D eigenvalue weighted by Crippen LogP contribution is 2.43. The molecule has 0 saturated heterocycles. The van der Waals surface area contributed by atoms with Gasteiger partial charge in [-0.05, 0) is 61.3 Å². The Bertz CT molecular complexity index is 1490. The van der Waals surface area contributed by atoms with E-state index in [1.54, 1.807) is 28.3 Å². The largest absolute Gasteiger partial charge is 0.330 e. The van der Waals surface area contributed by atoms with Crippen molar-refractivity contribution in [3.63, 3.8) is 0 Å². The van der Waals surface area contributed by atoms with E-state index in [2.05, 4.69) is 39.3 Å². The fourth-order valence-electron chi connectivity index (χ4n) is 5.18. The van der Waals surface area contributed by atoms with E-state index in [1.807, 2.05) is 12.1 Å². The smallest absolute Gasteiger partial charge is 0.295 e. The summed E-state index contributed by atoms with van der Waals surface area (Å²) in [6.07, 6.45) is 2.32. The number of Topliss-reactive ketones (excluding diaryl/α,β-unsaturated/α-hetero) is 1. The molecule has 2 aromatic heterocycles. The van der Waals surface area contributed by atoms with Crippen molar-refractivity contribution in [1.29, 1.82) is 0 Å². The summed E-state index contributed by atoms with van der Waals surface area (Å²) in [5, 5.41) is 0. The van der Waals surface area contributed by atoms with Gasteiger partial charge in [0.1, 0.15) is 0 Å². The molecule has 1 N–H and O–H groups in total. The van der Waals surface area contributed by atoms with Gasteiger partial charge in [-0.3, -0.25) is 13.9 Å². The molecule has 4 rings (SSSR count). The molecule has 2 atom stereocenters. The van der Waals surface area contributed by atoms with Gasteiger partial charge >= 0.3 is 5.69 Å². The Balaban J connectivity index is 1.61. The number of fused-ring (bicyclic) bond motifs is 1. The zero-order valence-electron chi connectivity index (χ0n) is 22.8. The van der Waals surface area contributed by atoms with E-state index in [9.17, 15) is 18.0 Å². The van der Waals surface area contributed by atoms with Crippen molar-refractivity contribution >= 4 is 27.0 Å². The molecule has 0 bridgehead atoms. The number of rotatable bonds is 6. The molecule has 37 heavy (non-hydrogen) atoms. The number of hydrogen-bond acceptors (Lipinski definition) is 5. The number of aryl methyl sites for hydroxylation is 1. The summed E-state index contributed by atoms with van der Waals surface area (Å²) >= 11 is 0. The Morgan fingerprint density at radius 2 is 1.78 bits per heavy atom. The van der Waals surface area contributed by atoms with E-state index in [4.69, 9.17) is 4.98 Å². The summed E-state index contributed by atoms with van der Waals surface area (Å²) in [4.78, 5) is 29.6. The van der Waals surface area contributed by atoms with E-state index in [1.165, 1.54) is 19.1 Å². The maximum absolute atomic E-state index is 13.2. The summed E-state index contributed by atoms with van der Waals surface area (Å²) in [6, 6.07) is 9.70. The van der Waals surface area contributed by atoms with Gasteiger partial charge in [0.15, 0.2) is 11.4 Å². The van der Waals surface area contributed by atoms with Gasteiger partial charge in [0.25, 0.3) is 0 Å². The molecule has 0 spiro atoms. The molecule has 0 radical (unpaired) electrons. The molecule has 2 heterocycles. The van der Waals surface area contributed by atoms with Crippen LogP contribution in [0.3, 0.4) is 0 Å². The maximum Gasteiger partial charge on any atom is 0.330 e. The monoisotopic (exact) mass is 526 g/mol. The molecule has 200 valence electrons. The number of aromatic nitrogens is 3. The molecule has 0 amide bonds. The number of imidazole rings is 1. The van der Waals surface area contributed by atoms with Crippen molar-refractivity contribution in [2.45, 2.75) is 84.2 Å². The zero-order chi connectivity index (χ0) is 27.3. The minimum atomic E-state index is -3.77. The SMILES string of the molecule is CC(=O)c1ccc(S(=O)(=O)NC2CC(c3ccc4c(n3)n(C)c(=O)n4CC(C)(C)C)CCC2(C)C)cc1. The average molecular weight is 527 g/mol. The lowest BCUT2D eigenvalue weighted by Crippen LogP contribution is -2.48. The van der Waals surface area contributed by atoms with Crippen molar-refractivity contribution in [3.05, 3.63) is 58.1 Å². The first-order valence-corrected chi connectivity index (χ1v) is 14.3. The van der Waals surface area contributed by atoms with Gasteiger partial charge in [-0.1, -0.05) is 46.8 Å². The molecule has 2 unspecified atom stereocenters. The van der Waals surface area contributed by atoms with E-state index in [-0.39, 0.29) is 39.2 Å². The van der Waals surface area contributed by atoms with Gasteiger partial charge in [0, 0.05) is 36.8 Å². The van der Waals surface area contributed by atoms with Crippen LogP contribution in [0.25, 0.3) is 11.2 Å². The Kier molecular flexibility index (Phi) is 7.01. The molecule has 1 aliphatic carbocycles. The molecule has 1 saturated carbocycles. The van der Waals surface area contributed by atoms with Crippen LogP contribution in [-0.2, 0) is 23.6 Å². The molecular weight excluding hydrogens is 488 g/mol. The second kappa shape index (κ2) is 9.51. The summed E-state index contributed by atoms with van der Waals surface area (Å²) in [6.45, 7) is 12.5. The van der Waals surface area contributed by atoms with E-state index >= 15 is 0 Å². The predicted molar refractivity (Wildman–Crippen MR) is 145 cm³/mol. The van der Waals surface area contributed by atoms with Gasteiger partial charge in [0.2, 0.25) is 10.0 Å². The number of nitrogens with zero attached hydrogens (tertiary/aromatic N) is 3. The van der Waals surface area contributed by atoms with Crippen LogP contribution in [0, 0.1) is 10.8 Å². The van der Waals surface area contributed by atoms with Gasteiger partial charge in [-0.15, -0.1) is 0 Å². The molecule has 9 heteroatoms. The van der Waals surface area contributed by atoms with Gasteiger partial charge in [0.05, 0.1) is 10.4 Å². The molecule has 1 aromatic carbocycles. The molecule has 1 fully saturated rings. The minimum Gasteiger partial charge on any atom is -0.295 e. The van der Waals surface area contributed by atoms with Crippen LogP contribution < -0.4 is 10.4 Å². The highest BCUT2D eigenvalue weighted by molar-refractivity contribution is 7.89. The quantitative estimate of drug-likeness (QED) is 0.472. The fourth-order valence-corrected chi connectivity index (χ4v) is 6.60. The fraction of sp³-hybridized carbons (Fsp3) is 0.536. The molecule has 1 aliphatic rings. The Hall–Kier alpha value is -2.78. The van der Waals surface area contributed by atoms with E-state index < -0.39 is 10.0 Å². The van der Waals surface area contributed by atoms with E-state index in [0.29, 0.717) is 24.2 Å². The van der Waals surface area contributed by atoms with Crippen molar-refractivity contribution in [2.24, 2.45) is 17.9 Å². The summed E-state index contributed by atoms with van der Waals surface area (Å²) < 4.78 is 32.8. The van der Waals surface area contributed by atoms with Crippen molar-refractivity contribution in [1.82, 2.24) is 18.8 Å². The Morgan fingerprint density at radius 3 is 2.38 bits per heavy atom. The number of sulfonamides is 1. The number of carbonyl (C=O) groups is 1. The highest BCUT2D eigenvalue weighted by atomic mass is 32.2. The number of ketones is 1. The Morgan fingerprint density at radius 1 is 1.14 bits per heavy atom. The first kappa shape index (κ1) is 27.3. The van der Waals surface area contributed by atoms with Crippen LogP contribution in [0.5, 0.6) is 0 Å². The van der Waals surface area contributed by atoms with Crippen molar-refractivity contribution < 1.29 is 13.2 Å². The minimum absolute atomic E-state index is 0.0531. The van der Waals surface area contributed by atoms with Crippen LogP contribution in [-0.4, -0.2) is 34.4 Å². The zero-order valence-corrected chi connectivity index (χ0v) is 23.6. The Labute approximate surface area is 219 Å². The second-order valence-electron chi connectivity index (χ2n) is 12.3. The third kappa shape index (κ3) is 5.57. The van der Waals surface area contributed by atoms with Crippen molar-refractivity contribution in [2.75, 3.05) is 0 Å². The lowest BCUT2D eigenvalue weighted by Gasteiger charge is -2.42. The lowest BCUT2D eigenvalue weighted by molar-refractivity contribution is 0.101. The summed E-state index contributed by atoms with van der Waals surface area (Å²) in [5.41, 5.74) is 2.44. The van der Waals surface area contributed by atoms with E-state index in [0.717, 1.165) is 24.1 Å². The van der Waals surface area contributed by atoms with Crippen molar-refractivity contribution in [3.8, 4) is 0 Å². The standard InChI is InChI=1S/C28H38N4O4S/c1-18(33)19-8-10-21(11-9-19)37(35,36)30-24-16-20(14-15-28(24,5)6)22-12-13-23-25(29-22)31(7)26(34)32(23)17-27(2,3)4/h8-13,20,24,30H,14-17H2,1-7H3. The lowest BCUT2D eigenvalue weighted by atomic mass is 9.69. The summed E-state index contributed by atoms with van der Waals surface area (Å²) in [5.74, 6) is -0.0461. The van der Waals surface area contributed by atoms with Crippen LogP contribution in [0.2, 0.25) is 0 Å². The van der Waals surface area contributed by atoms with Gasteiger partial charge < -0.3 is 0 Å². The third-order valence-corrected chi connectivity index (χ3v) is 9.01. The average Bonchev–Trinajstić information content (AvgIpc) is 3.03. The normalized spacial score (nSPS) is 20.3. The van der Waals surface area contributed by atoms with Gasteiger partial charge in [-0.25, -0.2) is 22.9 Å². The number of pyridine rings is 1. The molecule has 3 aromatic rings. The van der Waals surface area contributed by atoms with Crippen LogP contribution >= 0.6 is 0 Å². The summed E-state index contributed by atoms with van der Waals surface area (Å²) in [7, 11) is -2.02. The highest BCUT2D eigenvalue weighted by Gasteiger charge is 2.40. The molecule has 0 aliphatic heterocycles. The topological polar surface area (TPSA) is 103 Å². The van der Waals surface area contributed by atoms with Crippen LogP contribution in [0.15, 0.2) is 46.1 Å². The van der Waals surface area contributed by atoms with Gasteiger partial charge in [-0.2, -0.15) is 0 Å². The number of benzene rings is 1. The third-order valence-electron chi connectivity index (χ3n) is 7.52. The maximum atomic E-state index is 13.2. The molecular formula is C28H38N4O4S. The first-order valence-electron chi connectivity index (χ1n) is 12.8. The number of nitrogens with one attached hydrogen (secondary N) is 1. The number of carbonyl (C=O) groups excluding carboxylic acids is 1. The number of hydrogen-bond donors (Lipinski definition) is 1. The second-order valence-corrected chi connectivity index (χ2v) is 14.0. The molecule has 8 nitrogen and oxygen atoms in total. The predicted octanol–water partition coefficient (Wildman–Crippen LogP) is 4.62. The van der Waals surface area contributed by atoms with Crippen LogP contribution in [0.4, 0.5) is 0 Å². The van der Waals surface area contributed by atoms with Crippen LogP contribution in [0.1, 0.15) is 82.8 Å². The first-order chi connectivity index (χ1) is 17.1.